The standard InChI is InChI=1S/C14H20N4O2/c15-13(17-20)8-9-18(12-6-7-12)14(19)16-10-11-4-2-1-3-5-11/h1-5,12,20H,6-10H2,(H2,15,17)(H,16,19). The van der Waals surface area contributed by atoms with Crippen molar-refractivity contribution < 1.29 is 10.0 Å². The summed E-state index contributed by atoms with van der Waals surface area (Å²) in [6, 6.07) is 9.96. The highest BCUT2D eigenvalue weighted by atomic mass is 16.4. The van der Waals surface area contributed by atoms with Crippen LogP contribution in [0.4, 0.5) is 4.79 Å². The van der Waals surface area contributed by atoms with Crippen molar-refractivity contribution in [3.8, 4) is 0 Å². The van der Waals surface area contributed by atoms with Crippen LogP contribution in [0.15, 0.2) is 35.5 Å². The van der Waals surface area contributed by atoms with E-state index in [2.05, 4.69) is 10.5 Å². The molecule has 108 valence electrons. The zero-order valence-corrected chi connectivity index (χ0v) is 11.3. The predicted molar refractivity (Wildman–Crippen MR) is 76.4 cm³/mol. The number of nitrogens with one attached hydrogen (secondary N) is 1. The normalized spacial score (nSPS) is 14.9. The predicted octanol–water partition coefficient (Wildman–Crippen LogP) is 1.50. The molecule has 1 aliphatic rings. The van der Waals surface area contributed by atoms with E-state index in [9.17, 15) is 4.79 Å². The van der Waals surface area contributed by atoms with Gasteiger partial charge in [0, 0.05) is 25.6 Å². The maximum Gasteiger partial charge on any atom is 0.317 e. The van der Waals surface area contributed by atoms with E-state index < -0.39 is 0 Å². The van der Waals surface area contributed by atoms with Crippen LogP contribution in [0, 0.1) is 0 Å². The lowest BCUT2D eigenvalue weighted by atomic mass is 10.2. The van der Waals surface area contributed by atoms with E-state index in [-0.39, 0.29) is 17.9 Å². The van der Waals surface area contributed by atoms with E-state index in [0.29, 0.717) is 19.5 Å². The monoisotopic (exact) mass is 276 g/mol. The molecule has 1 saturated carbocycles. The molecule has 2 amide bonds. The van der Waals surface area contributed by atoms with Crippen LogP contribution in [0.25, 0.3) is 0 Å². The molecule has 0 unspecified atom stereocenters. The molecule has 0 radical (unpaired) electrons. The van der Waals surface area contributed by atoms with Crippen LogP contribution in [0.1, 0.15) is 24.8 Å². The van der Waals surface area contributed by atoms with E-state index in [0.717, 1.165) is 18.4 Å². The fraction of sp³-hybridized carbons (Fsp3) is 0.429. The smallest absolute Gasteiger partial charge is 0.317 e. The fourth-order valence-electron chi connectivity index (χ4n) is 2.00. The molecule has 1 fully saturated rings. The Labute approximate surface area is 118 Å². The minimum Gasteiger partial charge on any atom is -0.409 e. The van der Waals surface area contributed by atoms with Crippen LogP contribution in [0.2, 0.25) is 0 Å². The number of benzene rings is 1. The van der Waals surface area contributed by atoms with Gasteiger partial charge in [-0.05, 0) is 18.4 Å². The Bertz CT molecular complexity index is 471. The summed E-state index contributed by atoms with van der Waals surface area (Å²) >= 11 is 0. The molecular weight excluding hydrogens is 256 g/mol. The average Bonchev–Trinajstić information content (AvgIpc) is 3.31. The Hall–Kier alpha value is -2.24. The Morgan fingerprint density at radius 2 is 2.10 bits per heavy atom. The SMILES string of the molecule is N/C(CCN(C(=O)NCc1ccccc1)C1CC1)=N/O. The highest BCUT2D eigenvalue weighted by Crippen LogP contribution is 2.26. The summed E-state index contributed by atoms with van der Waals surface area (Å²) in [5.41, 5.74) is 6.51. The van der Waals surface area contributed by atoms with Crippen molar-refractivity contribution in [2.24, 2.45) is 10.9 Å². The van der Waals surface area contributed by atoms with Gasteiger partial charge in [0.1, 0.15) is 5.84 Å². The van der Waals surface area contributed by atoms with Gasteiger partial charge in [0.05, 0.1) is 0 Å². The summed E-state index contributed by atoms with van der Waals surface area (Å²) in [7, 11) is 0. The molecule has 0 saturated heterocycles. The van der Waals surface area contributed by atoms with Crippen LogP contribution in [0.5, 0.6) is 0 Å². The van der Waals surface area contributed by atoms with Gasteiger partial charge < -0.3 is 21.2 Å². The minimum atomic E-state index is -0.0953. The molecule has 2 rings (SSSR count). The Balaban J connectivity index is 1.84. The molecule has 4 N–H and O–H groups in total. The summed E-state index contributed by atoms with van der Waals surface area (Å²) in [5, 5.41) is 14.4. The van der Waals surface area contributed by atoms with Crippen LogP contribution in [-0.4, -0.2) is 34.6 Å². The fourth-order valence-corrected chi connectivity index (χ4v) is 2.00. The summed E-state index contributed by atoms with van der Waals surface area (Å²) in [4.78, 5) is 13.9. The number of amides is 2. The molecule has 0 aliphatic heterocycles. The van der Waals surface area contributed by atoms with E-state index in [1.54, 1.807) is 4.90 Å². The molecule has 6 heteroatoms. The number of rotatable bonds is 6. The minimum absolute atomic E-state index is 0.0953. The Morgan fingerprint density at radius 1 is 1.40 bits per heavy atom. The third-order valence-corrected chi connectivity index (χ3v) is 3.27. The average molecular weight is 276 g/mol. The van der Waals surface area contributed by atoms with Crippen molar-refractivity contribution in [2.75, 3.05) is 6.54 Å². The van der Waals surface area contributed by atoms with Gasteiger partial charge in [-0.1, -0.05) is 35.5 Å². The molecule has 0 atom stereocenters. The first-order valence-corrected chi connectivity index (χ1v) is 6.75. The number of nitrogens with two attached hydrogens (primary N) is 1. The lowest BCUT2D eigenvalue weighted by molar-refractivity contribution is 0.195. The van der Waals surface area contributed by atoms with Gasteiger partial charge in [0.25, 0.3) is 0 Å². The van der Waals surface area contributed by atoms with Gasteiger partial charge in [0.15, 0.2) is 0 Å². The van der Waals surface area contributed by atoms with Crippen molar-refractivity contribution in [1.29, 1.82) is 0 Å². The number of carbonyl (C=O) groups excluding carboxylic acids is 1. The molecule has 20 heavy (non-hydrogen) atoms. The third kappa shape index (κ3) is 4.15. The quantitative estimate of drug-likeness (QED) is 0.318. The third-order valence-electron chi connectivity index (χ3n) is 3.27. The van der Waals surface area contributed by atoms with Crippen LogP contribution in [0.3, 0.4) is 0 Å². The van der Waals surface area contributed by atoms with Gasteiger partial charge in [-0.25, -0.2) is 4.79 Å². The van der Waals surface area contributed by atoms with Crippen LogP contribution in [-0.2, 0) is 6.54 Å². The molecule has 0 heterocycles. The summed E-state index contributed by atoms with van der Waals surface area (Å²) in [5.74, 6) is 0.145. The second-order valence-corrected chi connectivity index (χ2v) is 4.91. The zero-order chi connectivity index (χ0) is 14.4. The van der Waals surface area contributed by atoms with Crippen molar-refractivity contribution in [3.05, 3.63) is 35.9 Å². The zero-order valence-electron chi connectivity index (χ0n) is 11.3. The van der Waals surface area contributed by atoms with Gasteiger partial charge in [-0.2, -0.15) is 0 Å². The summed E-state index contributed by atoms with van der Waals surface area (Å²) in [6.45, 7) is 0.980. The maximum absolute atomic E-state index is 12.2. The molecule has 6 nitrogen and oxygen atoms in total. The summed E-state index contributed by atoms with van der Waals surface area (Å²) < 4.78 is 0. The molecular formula is C14H20N4O2. The van der Waals surface area contributed by atoms with Crippen LogP contribution < -0.4 is 11.1 Å². The first-order chi connectivity index (χ1) is 9.70. The van der Waals surface area contributed by atoms with Crippen molar-refractivity contribution in [2.45, 2.75) is 31.8 Å². The topological polar surface area (TPSA) is 91.0 Å². The van der Waals surface area contributed by atoms with E-state index >= 15 is 0 Å². The van der Waals surface area contributed by atoms with E-state index in [1.807, 2.05) is 30.3 Å². The Morgan fingerprint density at radius 3 is 2.70 bits per heavy atom. The second kappa shape index (κ2) is 6.79. The lowest BCUT2D eigenvalue weighted by Crippen LogP contribution is -2.42. The highest BCUT2D eigenvalue weighted by Gasteiger charge is 2.32. The first kappa shape index (κ1) is 14.2. The number of hydrogen-bond donors (Lipinski definition) is 3. The first-order valence-electron chi connectivity index (χ1n) is 6.75. The summed E-state index contributed by atoms with van der Waals surface area (Å²) in [6.07, 6.45) is 2.43. The molecule has 1 aromatic rings. The second-order valence-electron chi connectivity index (χ2n) is 4.91. The number of amidine groups is 1. The lowest BCUT2D eigenvalue weighted by Gasteiger charge is -2.22. The molecule has 1 aromatic carbocycles. The molecule has 1 aliphatic carbocycles. The number of nitrogens with zero attached hydrogens (tertiary/aromatic N) is 2. The van der Waals surface area contributed by atoms with Gasteiger partial charge in [0.2, 0.25) is 0 Å². The van der Waals surface area contributed by atoms with Crippen molar-refractivity contribution in [1.82, 2.24) is 10.2 Å². The molecule has 0 aromatic heterocycles. The molecule has 0 bridgehead atoms. The van der Waals surface area contributed by atoms with Gasteiger partial charge in [-0.15, -0.1) is 0 Å². The molecule has 0 spiro atoms. The number of urea groups is 1. The van der Waals surface area contributed by atoms with Gasteiger partial charge >= 0.3 is 6.03 Å². The van der Waals surface area contributed by atoms with Gasteiger partial charge in [-0.3, -0.25) is 0 Å². The number of hydrogen-bond acceptors (Lipinski definition) is 3. The maximum atomic E-state index is 12.2. The van der Waals surface area contributed by atoms with E-state index in [1.165, 1.54) is 0 Å². The number of carbonyl (C=O) groups is 1. The Kier molecular flexibility index (Phi) is 4.81. The number of oxime groups is 1. The van der Waals surface area contributed by atoms with Crippen LogP contribution >= 0.6 is 0 Å². The van der Waals surface area contributed by atoms with Crippen molar-refractivity contribution >= 4 is 11.9 Å². The highest BCUT2D eigenvalue weighted by molar-refractivity contribution is 5.81. The van der Waals surface area contributed by atoms with Crippen molar-refractivity contribution in [3.63, 3.8) is 0 Å². The van der Waals surface area contributed by atoms with E-state index in [4.69, 9.17) is 10.9 Å². The largest absolute Gasteiger partial charge is 0.409 e.